The van der Waals surface area contributed by atoms with Crippen LogP contribution >= 0.6 is 0 Å². The first-order chi connectivity index (χ1) is 6.30. The number of aromatic nitrogens is 2. The molecule has 0 unspecified atom stereocenters. The van der Waals surface area contributed by atoms with Gasteiger partial charge in [-0.15, -0.1) is 0 Å². The van der Waals surface area contributed by atoms with E-state index in [0.29, 0.717) is 0 Å². The molecule has 1 aromatic heterocycles. The van der Waals surface area contributed by atoms with E-state index < -0.39 is 11.9 Å². The zero-order valence-electron chi connectivity index (χ0n) is 7.63. The molecule has 0 aliphatic carbocycles. The fraction of sp³-hybridized carbons (Fsp3) is 0.429. The Morgan fingerprint density at radius 2 is 2.14 bits per heavy atom. The average molecular weight is 206 g/mol. The molecule has 7 heteroatoms. The number of aryl methyl sites for hydroxylation is 1. The summed E-state index contributed by atoms with van der Waals surface area (Å²) in [5, 5.41) is 3.26. The molecule has 0 aromatic carbocycles. The third kappa shape index (κ3) is 2.24. The van der Waals surface area contributed by atoms with Crippen LogP contribution in [0.3, 0.4) is 0 Å². The van der Waals surface area contributed by atoms with Gasteiger partial charge in [0.25, 0.3) is 0 Å². The lowest BCUT2D eigenvalue weighted by molar-refractivity contribution is -0.140. The fourth-order valence-electron chi connectivity index (χ4n) is 0.950. The second-order valence-electron chi connectivity index (χ2n) is 2.79. The summed E-state index contributed by atoms with van der Waals surface area (Å²) in [5.74, 6) is 0.0588. The summed E-state index contributed by atoms with van der Waals surface area (Å²) >= 11 is 0. The van der Waals surface area contributed by atoms with Crippen molar-refractivity contribution in [1.82, 2.24) is 9.78 Å². The SMILES string of the molecule is CC(N)=Nc1cn(C)nc1C(F)(F)F. The molecule has 0 atom stereocenters. The first-order valence-corrected chi connectivity index (χ1v) is 3.72. The van der Waals surface area contributed by atoms with E-state index in [9.17, 15) is 13.2 Å². The quantitative estimate of drug-likeness (QED) is 0.558. The molecule has 14 heavy (non-hydrogen) atoms. The van der Waals surface area contributed by atoms with Gasteiger partial charge in [0.05, 0.1) is 12.0 Å². The van der Waals surface area contributed by atoms with Gasteiger partial charge >= 0.3 is 6.18 Å². The minimum absolute atomic E-state index is 0.0588. The van der Waals surface area contributed by atoms with Crippen LogP contribution in [-0.2, 0) is 13.2 Å². The Morgan fingerprint density at radius 1 is 1.57 bits per heavy atom. The molecule has 0 fully saturated rings. The van der Waals surface area contributed by atoms with Gasteiger partial charge in [0.15, 0.2) is 5.69 Å². The molecule has 0 saturated carbocycles. The highest BCUT2D eigenvalue weighted by atomic mass is 19.4. The number of halogens is 3. The van der Waals surface area contributed by atoms with Crippen LogP contribution in [-0.4, -0.2) is 15.6 Å². The lowest BCUT2D eigenvalue weighted by Gasteiger charge is -2.02. The third-order valence-electron chi connectivity index (χ3n) is 1.37. The van der Waals surface area contributed by atoms with Crippen LogP contribution in [0.4, 0.5) is 18.9 Å². The van der Waals surface area contributed by atoms with Crippen molar-refractivity contribution in [3.8, 4) is 0 Å². The number of alkyl halides is 3. The highest BCUT2D eigenvalue weighted by Crippen LogP contribution is 2.34. The molecule has 4 nitrogen and oxygen atoms in total. The van der Waals surface area contributed by atoms with Crippen molar-refractivity contribution < 1.29 is 13.2 Å². The Bertz CT molecular complexity index is 360. The summed E-state index contributed by atoms with van der Waals surface area (Å²) < 4.78 is 38.0. The summed E-state index contributed by atoms with van der Waals surface area (Å²) in [5.41, 5.74) is 3.90. The lowest BCUT2D eigenvalue weighted by atomic mass is 10.3. The van der Waals surface area contributed by atoms with Crippen molar-refractivity contribution in [3.63, 3.8) is 0 Å². The minimum atomic E-state index is -4.50. The summed E-state index contributed by atoms with van der Waals surface area (Å²) in [7, 11) is 1.39. The first kappa shape index (κ1) is 10.6. The number of aliphatic imine (C=N–C) groups is 1. The van der Waals surface area contributed by atoms with Gasteiger partial charge < -0.3 is 5.73 Å². The zero-order chi connectivity index (χ0) is 10.9. The molecule has 0 bridgehead atoms. The van der Waals surface area contributed by atoms with Crippen LogP contribution < -0.4 is 5.73 Å². The Balaban J connectivity index is 3.23. The van der Waals surface area contributed by atoms with Crippen LogP contribution in [0, 0.1) is 0 Å². The van der Waals surface area contributed by atoms with E-state index in [1.807, 2.05) is 0 Å². The summed E-state index contributed by atoms with van der Waals surface area (Å²) in [6.07, 6.45) is -3.34. The van der Waals surface area contributed by atoms with Gasteiger partial charge in [-0.05, 0) is 6.92 Å². The number of amidine groups is 1. The van der Waals surface area contributed by atoms with E-state index in [0.717, 1.165) is 4.68 Å². The number of rotatable bonds is 1. The maximum Gasteiger partial charge on any atom is 0.437 e. The van der Waals surface area contributed by atoms with E-state index >= 15 is 0 Å². The fourth-order valence-corrected chi connectivity index (χ4v) is 0.950. The van der Waals surface area contributed by atoms with E-state index in [1.54, 1.807) is 0 Å². The maximum absolute atomic E-state index is 12.3. The maximum atomic E-state index is 12.3. The van der Waals surface area contributed by atoms with E-state index in [1.165, 1.54) is 20.2 Å². The topological polar surface area (TPSA) is 56.2 Å². The van der Waals surface area contributed by atoms with Crippen LogP contribution in [0.25, 0.3) is 0 Å². The van der Waals surface area contributed by atoms with Gasteiger partial charge in [-0.3, -0.25) is 4.68 Å². The van der Waals surface area contributed by atoms with Crippen molar-refractivity contribution in [2.75, 3.05) is 0 Å². The van der Waals surface area contributed by atoms with E-state index in [4.69, 9.17) is 5.73 Å². The molecule has 0 aliphatic rings. The zero-order valence-corrected chi connectivity index (χ0v) is 7.63. The standard InChI is InChI=1S/C7H9F3N4/c1-4(11)12-5-3-14(2)13-6(5)7(8,9)10/h3H,1-2H3,(H2,11,12). The van der Waals surface area contributed by atoms with Crippen LogP contribution in [0.2, 0.25) is 0 Å². The third-order valence-corrected chi connectivity index (χ3v) is 1.37. The molecule has 0 spiro atoms. The highest BCUT2D eigenvalue weighted by Gasteiger charge is 2.37. The Morgan fingerprint density at radius 3 is 2.57 bits per heavy atom. The van der Waals surface area contributed by atoms with Gasteiger partial charge in [0.2, 0.25) is 0 Å². The van der Waals surface area contributed by atoms with E-state index in [2.05, 4.69) is 10.1 Å². The van der Waals surface area contributed by atoms with Gasteiger partial charge in [0.1, 0.15) is 5.69 Å². The summed E-state index contributed by atoms with van der Waals surface area (Å²) in [6.45, 7) is 1.41. The number of hydrogen-bond acceptors (Lipinski definition) is 2. The summed E-state index contributed by atoms with van der Waals surface area (Å²) in [4.78, 5) is 3.54. The molecule has 2 N–H and O–H groups in total. The first-order valence-electron chi connectivity index (χ1n) is 3.72. The Hall–Kier alpha value is -1.53. The molecule has 0 aliphatic heterocycles. The van der Waals surface area contributed by atoms with E-state index in [-0.39, 0.29) is 11.5 Å². The normalized spacial score (nSPS) is 13.4. The summed E-state index contributed by atoms with van der Waals surface area (Å²) in [6, 6.07) is 0. The highest BCUT2D eigenvalue weighted by molar-refractivity contribution is 5.80. The second-order valence-corrected chi connectivity index (χ2v) is 2.79. The molecule has 78 valence electrons. The molecular formula is C7H9F3N4. The molecule has 1 rings (SSSR count). The van der Waals surface area contributed by atoms with Gasteiger partial charge in [-0.25, -0.2) is 4.99 Å². The van der Waals surface area contributed by atoms with Crippen molar-refractivity contribution in [2.24, 2.45) is 17.8 Å². The lowest BCUT2D eigenvalue weighted by Crippen LogP contribution is -2.08. The van der Waals surface area contributed by atoms with Crippen molar-refractivity contribution >= 4 is 11.5 Å². The molecule has 0 saturated heterocycles. The molecule has 1 heterocycles. The Kier molecular flexibility index (Phi) is 2.50. The Labute approximate surface area is 78.2 Å². The van der Waals surface area contributed by atoms with Crippen molar-refractivity contribution in [1.29, 1.82) is 0 Å². The van der Waals surface area contributed by atoms with Crippen LogP contribution in [0.5, 0.6) is 0 Å². The predicted octanol–water partition coefficient (Wildman–Crippen LogP) is 1.45. The molecular weight excluding hydrogens is 197 g/mol. The van der Waals surface area contributed by atoms with Gasteiger partial charge in [0, 0.05) is 7.05 Å². The molecule has 0 radical (unpaired) electrons. The number of hydrogen-bond donors (Lipinski definition) is 1. The average Bonchev–Trinajstić information content (AvgIpc) is 2.28. The van der Waals surface area contributed by atoms with Gasteiger partial charge in [-0.2, -0.15) is 18.3 Å². The largest absolute Gasteiger partial charge is 0.437 e. The number of nitrogens with zero attached hydrogens (tertiary/aromatic N) is 3. The molecule has 1 aromatic rings. The second kappa shape index (κ2) is 3.32. The smallest absolute Gasteiger partial charge is 0.387 e. The van der Waals surface area contributed by atoms with Crippen LogP contribution in [0.1, 0.15) is 12.6 Å². The molecule has 0 amide bonds. The number of nitrogens with two attached hydrogens (primary N) is 1. The monoisotopic (exact) mass is 206 g/mol. The minimum Gasteiger partial charge on any atom is -0.387 e. The van der Waals surface area contributed by atoms with Crippen LogP contribution in [0.15, 0.2) is 11.2 Å². The van der Waals surface area contributed by atoms with Gasteiger partial charge in [-0.1, -0.05) is 0 Å². The van der Waals surface area contributed by atoms with Crippen molar-refractivity contribution in [3.05, 3.63) is 11.9 Å². The van der Waals surface area contributed by atoms with Crippen molar-refractivity contribution in [2.45, 2.75) is 13.1 Å². The predicted molar refractivity (Wildman–Crippen MR) is 45.2 cm³/mol.